The van der Waals surface area contributed by atoms with Crippen molar-refractivity contribution >= 4 is 11.6 Å². The minimum Gasteiger partial charge on any atom is -0.438 e. The fourth-order valence-corrected chi connectivity index (χ4v) is 3.76. The number of amides is 1. The standard InChI is InChI=1S/C26H21N5O2/c1-17-14-21(33-26-19(15-27)6-5-13-28-26)11-12-23(17)30-25(32)22-16-29-31(24(22)18-9-10-18)20-7-3-2-4-8-20/h2-8,11-14,16,18H,9-10H2,1H3,(H,30,32). The second-order valence-electron chi connectivity index (χ2n) is 7.97. The largest absolute Gasteiger partial charge is 0.438 e. The van der Waals surface area contributed by atoms with Crippen LogP contribution in [-0.2, 0) is 0 Å². The van der Waals surface area contributed by atoms with Gasteiger partial charge in [-0.25, -0.2) is 9.67 Å². The van der Waals surface area contributed by atoms with Gasteiger partial charge in [-0.05, 0) is 67.8 Å². The maximum Gasteiger partial charge on any atom is 0.259 e. The Morgan fingerprint density at radius 1 is 1.15 bits per heavy atom. The number of benzene rings is 2. The highest BCUT2D eigenvalue weighted by atomic mass is 16.5. The third-order valence-electron chi connectivity index (χ3n) is 5.57. The van der Waals surface area contributed by atoms with Crippen molar-refractivity contribution in [2.75, 3.05) is 5.32 Å². The molecule has 5 rings (SSSR count). The number of hydrogen-bond acceptors (Lipinski definition) is 5. The van der Waals surface area contributed by atoms with Crippen molar-refractivity contribution in [3.8, 4) is 23.4 Å². The zero-order chi connectivity index (χ0) is 22.8. The van der Waals surface area contributed by atoms with Crippen molar-refractivity contribution < 1.29 is 9.53 Å². The number of ether oxygens (including phenoxy) is 1. The number of nitriles is 1. The summed E-state index contributed by atoms with van der Waals surface area (Å²) in [6, 6.07) is 20.6. The van der Waals surface area contributed by atoms with Gasteiger partial charge in [-0.2, -0.15) is 10.4 Å². The van der Waals surface area contributed by atoms with Crippen LogP contribution >= 0.6 is 0 Å². The zero-order valence-electron chi connectivity index (χ0n) is 18.0. The van der Waals surface area contributed by atoms with Crippen LogP contribution in [0.4, 0.5) is 5.69 Å². The molecule has 0 radical (unpaired) electrons. The molecule has 1 aliphatic rings. The molecule has 2 aromatic heterocycles. The van der Waals surface area contributed by atoms with Gasteiger partial charge < -0.3 is 10.1 Å². The highest BCUT2D eigenvalue weighted by Gasteiger charge is 2.33. The fourth-order valence-electron chi connectivity index (χ4n) is 3.76. The van der Waals surface area contributed by atoms with Gasteiger partial charge in [0.05, 0.1) is 23.1 Å². The molecule has 0 saturated heterocycles. The molecule has 2 heterocycles. The Morgan fingerprint density at radius 3 is 2.70 bits per heavy atom. The van der Waals surface area contributed by atoms with E-state index >= 15 is 0 Å². The minimum absolute atomic E-state index is 0.188. The fraction of sp³-hybridized carbons (Fsp3) is 0.154. The van der Waals surface area contributed by atoms with Crippen LogP contribution < -0.4 is 10.1 Å². The molecule has 2 aromatic carbocycles. The summed E-state index contributed by atoms with van der Waals surface area (Å²) in [6.07, 6.45) is 5.34. The normalized spacial score (nSPS) is 12.7. The van der Waals surface area contributed by atoms with E-state index < -0.39 is 0 Å². The summed E-state index contributed by atoms with van der Waals surface area (Å²) in [5.41, 5.74) is 4.36. The Balaban J connectivity index is 1.38. The molecule has 1 amide bonds. The topological polar surface area (TPSA) is 92.8 Å². The number of carbonyl (C=O) groups excluding carboxylic acids is 1. The quantitative estimate of drug-likeness (QED) is 0.439. The molecule has 1 aliphatic carbocycles. The Morgan fingerprint density at radius 2 is 1.97 bits per heavy atom. The van der Waals surface area contributed by atoms with E-state index in [-0.39, 0.29) is 11.8 Å². The number of aryl methyl sites for hydroxylation is 1. The lowest BCUT2D eigenvalue weighted by Gasteiger charge is -2.12. The van der Waals surface area contributed by atoms with E-state index in [0.717, 1.165) is 29.8 Å². The van der Waals surface area contributed by atoms with Gasteiger partial charge in [-0.15, -0.1) is 0 Å². The first-order valence-electron chi connectivity index (χ1n) is 10.7. The number of rotatable bonds is 6. The summed E-state index contributed by atoms with van der Waals surface area (Å²) in [4.78, 5) is 17.3. The van der Waals surface area contributed by atoms with E-state index in [1.54, 1.807) is 42.7 Å². The SMILES string of the molecule is Cc1cc(Oc2ncccc2C#N)ccc1NC(=O)c1cnn(-c2ccccc2)c1C1CC1. The number of para-hydroxylation sites is 1. The first-order valence-corrected chi connectivity index (χ1v) is 10.7. The van der Waals surface area contributed by atoms with Crippen molar-refractivity contribution in [3.63, 3.8) is 0 Å². The highest BCUT2D eigenvalue weighted by molar-refractivity contribution is 6.05. The number of anilines is 1. The van der Waals surface area contributed by atoms with Crippen molar-refractivity contribution in [1.82, 2.24) is 14.8 Å². The van der Waals surface area contributed by atoms with Gasteiger partial charge in [0.1, 0.15) is 17.4 Å². The van der Waals surface area contributed by atoms with Crippen LogP contribution in [0.1, 0.15) is 45.9 Å². The number of nitrogens with zero attached hydrogens (tertiary/aromatic N) is 4. The predicted molar refractivity (Wildman–Crippen MR) is 124 cm³/mol. The zero-order valence-corrected chi connectivity index (χ0v) is 18.0. The smallest absolute Gasteiger partial charge is 0.259 e. The van der Waals surface area contributed by atoms with E-state index in [4.69, 9.17) is 4.74 Å². The van der Waals surface area contributed by atoms with Gasteiger partial charge in [0, 0.05) is 17.8 Å². The summed E-state index contributed by atoms with van der Waals surface area (Å²) < 4.78 is 7.65. The molecule has 0 atom stereocenters. The molecule has 33 heavy (non-hydrogen) atoms. The summed E-state index contributed by atoms with van der Waals surface area (Å²) >= 11 is 0. The molecule has 0 unspecified atom stereocenters. The maximum absolute atomic E-state index is 13.2. The molecule has 7 heteroatoms. The molecular formula is C26H21N5O2. The van der Waals surface area contributed by atoms with E-state index in [9.17, 15) is 10.1 Å². The van der Waals surface area contributed by atoms with Crippen molar-refractivity contribution in [2.45, 2.75) is 25.7 Å². The number of pyridine rings is 1. The van der Waals surface area contributed by atoms with Gasteiger partial charge in [0.2, 0.25) is 5.88 Å². The van der Waals surface area contributed by atoms with E-state index in [1.165, 1.54) is 0 Å². The lowest BCUT2D eigenvalue weighted by atomic mass is 10.1. The molecule has 1 N–H and O–H groups in total. The van der Waals surface area contributed by atoms with Gasteiger partial charge in [-0.1, -0.05) is 18.2 Å². The molecule has 0 aliphatic heterocycles. The van der Waals surface area contributed by atoms with Crippen molar-refractivity contribution in [3.05, 3.63) is 95.4 Å². The Hall–Kier alpha value is -4.44. The lowest BCUT2D eigenvalue weighted by molar-refractivity contribution is 0.102. The van der Waals surface area contributed by atoms with Gasteiger partial charge >= 0.3 is 0 Å². The molecule has 1 saturated carbocycles. The molecule has 4 aromatic rings. The van der Waals surface area contributed by atoms with Crippen LogP contribution in [0.2, 0.25) is 0 Å². The van der Waals surface area contributed by atoms with Gasteiger partial charge in [0.25, 0.3) is 5.91 Å². The average Bonchev–Trinajstić information content (AvgIpc) is 3.59. The minimum atomic E-state index is -0.188. The summed E-state index contributed by atoms with van der Waals surface area (Å²) in [5.74, 6) is 0.945. The van der Waals surface area contributed by atoms with Crippen LogP contribution in [0.25, 0.3) is 5.69 Å². The average molecular weight is 435 g/mol. The number of hydrogen-bond donors (Lipinski definition) is 1. The van der Waals surface area contributed by atoms with Crippen molar-refractivity contribution in [1.29, 1.82) is 5.26 Å². The van der Waals surface area contributed by atoms with Crippen LogP contribution in [-0.4, -0.2) is 20.7 Å². The molecule has 162 valence electrons. The number of aromatic nitrogens is 3. The summed E-state index contributed by atoms with van der Waals surface area (Å²) in [6.45, 7) is 1.89. The molecule has 1 fully saturated rings. The van der Waals surface area contributed by atoms with Crippen LogP contribution in [0.5, 0.6) is 11.6 Å². The van der Waals surface area contributed by atoms with Crippen LogP contribution in [0.15, 0.2) is 73.1 Å². The Bertz CT molecular complexity index is 1370. The van der Waals surface area contributed by atoms with Gasteiger partial charge in [0.15, 0.2) is 0 Å². The number of nitrogens with one attached hydrogen (secondary N) is 1. The first kappa shape index (κ1) is 20.5. The van der Waals surface area contributed by atoms with Crippen molar-refractivity contribution in [2.24, 2.45) is 0 Å². The molecule has 7 nitrogen and oxygen atoms in total. The molecular weight excluding hydrogens is 414 g/mol. The van der Waals surface area contributed by atoms with E-state index in [1.807, 2.05) is 41.9 Å². The molecule has 0 spiro atoms. The highest BCUT2D eigenvalue weighted by Crippen LogP contribution is 2.42. The van der Waals surface area contributed by atoms with Crippen LogP contribution in [0, 0.1) is 18.3 Å². The Kier molecular flexibility index (Phi) is 5.33. The lowest BCUT2D eigenvalue weighted by Crippen LogP contribution is -2.15. The second kappa shape index (κ2) is 8.60. The van der Waals surface area contributed by atoms with Gasteiger partial charge in [-0.3, -0.25) is 4.79 Å². The maximum atomic E-state index is 13.2. The Labute approximate surface area is 191 Å². The third-order valence-corrected chi connectivity index (χ3v) is 5.57. The summed E-state index contributed by atoms with van der Waals surface area (Å²) in [5, 5.41) is 16.7. The summed E-state index contributed by atoms with van der Waals surface area (Å²) in [7, 11) is 0. The van der Waals surface area contributed by atoms with Crippen LogP contribution in [0.3, 0.4) is 0 Å². The van der Waals surface area contributed by atoms with E-state index in [2.05, 4.69) is 21.5 Å². The third kappa shape index (κ3) is 4.19. The monoisotopic (exact) mass is 435 g/mol. The first-order chi connectivity index (χ1) is 16.1. The second-order valence-corrected chi connectivity index (χ2v) is 7.97. The van der Waals surface area contributed by atoms with E-state index in [0.29, 0.717) is 28.5 Å². The predicted octanol–water partition coefficient (Wildman–Crippen LogP) is 5.37. The molecule has 0 bridgehead atoms. The number of carbonyl (C=O) groups is 1.